The molecule has 1 aromatic carbocycles. The fraction of sp³-hybridized carbons (Fsp3) is 0.417. The highest BCUT2D eigenvalue weighted by atomic mass is 32.2. The number of carbonyl (C=O) groups excluding carboxylic acids is 1. The van der Waals surface area contributed by atoms with Crippen molar-refractivity contribution in [2.45, 2.75) is 56.8 Å². The second-order valence-corrected chi connectivity index (χ2v) is 9.32. The molecule has 0 bridgehead atoms. The van der Waals surface area contributed by atoms with Gasteiger partial charge in [0.15, 0.2) is 11.0 Å². The Labute approximate surface area is 192 Å². The van der Waals surface area contributed by atoms with Gasteiger partial charge in [-0.3, -0.25) is 14.3 Å². The monoisotopic (exact) mass is 453 g/mol. The van der Waals surface area contributed by atoms with Gasteiger partial charge in [-0.25, -0.2) is 4.39 Å². The van der Waals surface area contributed by atoms with Crippen LogP contribution < -0.4 is 5.32 Å². The van der Waals surface area contributed by atoms with Crippen LogP contribution in [0.2, 0.25) is 0 Å². The van der Waals surface area contributed by atoms with Gasteiger partial charge in [-0.15, -0.1) is 10.2 Å². The lowest BCUT2D eigenvalue weighted by molar-refractivity contribution is -0.119. The molecule has 0 radical (unpaired) electrons. The minimum Gasteiger partial charge on any atom is -0.349 e. The summed E-state index contributed by atoms with van der Waals surface area (Å²) in [6.45, 7) is 4.17. The largest absolute Gasteiger partial charge is 0.349 e. The second-order valence-electron chi connectivity index (χ2n) is 8.38. The number of hydrogen-bond donors (Lipinski definition) is 1. The van der Waals surface area contributed by atoms with E-state index in [9.17, 15) is 9.18 Å². The van der Waals surface area contributed by atoms with Gasteiger partial charge in [-0.2, -0.15) is 0 Å². The Morgan fingerprint density at radius 2 is 2.00 bits per heavy atom. The van der Waals surface area contributed by atoms with E-state index in [1.807, 2.05) is 19.1 Å². The summed E-state index contributed by atoms with van der Waals surface area (Å²) in [4.78, 5) is 16.9. The lowest BCUT2D eigenvalue weighted by atomic mass is 9.85. The predicted molar refractivity (Wildman–Crippen MR) is 124 cm³/mol. The zero-order chi connectivity index (χ0) is 22.5. The number of thioether (sulfide) groups is 1. The normalized spacial score (nSPS) is 19.5. The molecule has 3 atom stereocenters. The first-order valence-electron chi connectivity index (χ1n) is 11.1. The molecule has 8 heteroatoms. The van der Waals surface area contributed by atoms with E-state index < -0.39 is 0 Å². The van der Waals surface area contributed by atoms with E-state index in [0.29, 0.717) is 12.0 Å². The molecule has 0 aliphatic heterocycles. The van der Waals surface area contributed by atoms with Crippen molar-refractivity contribution >= 4 is 17.7 Å². The Kier molecular flexibility index (Phi) is 7.19. The van der Waals surface area contributed by atoms with E-state index in [4.69, 9.17) is 0 Å². The molecule has 1 aliphatic carbocycles. The number of hydrogen-bond acceptors (Lipinski definition) is 5. The van der Waals surface area contributed by atoms with Gasteiger partial charge in [-0.05, 0) is 55.5 Å². The van der Waals surface area contributed by atoms with Crippen LogP contribution in [0.5, 0.6) is 0 Å². The summed E-state index contributed by atoms with van der Waals surface area (Å²) < 4.78 is 15.4. The van der Waals surface area contributed by atoms with E-state index in [1.165, 1.54) is 43.2 Å². The maximum atomic E-state index is 13.2. The van der Waals surface area contributed by atoms with Gasteiger partial charge in [0, 0.05) is 24.0 Å². The van der Waals surface area contributed by atoms with Crippen molar-refractivity contribution in [1.29, 1.82) is 0 Å². The van der Waals surface area contributed by atoms with Crippen molar-refractivity contribution in [3.63, 3.8) is 0 Å². The molecule has 1 fully saturated rings. The molecule has 168 valence electrons. The number of benzene rings is 1. The van der Waals surface area contributed by atoms with Crippen LogP contribution in [0.15, 0.2) is 53.9 Å². The van der Waals surface area contributed by atoms with Crippen molar-refractivity contribution in [2.75, 3.05) is 5.75 Å². The molecular weight excluding hydrogens is 425 g/mol. The Bertz CT molecular complexity index is 1040. The summed E-state index contributed by atoms with van der Waals surface area (Å²) in [6, 6.07) is 10.2. The van der Waals surface area contributed by atoms with E-state index in [-0.39, 0.29) is 23.5 Å². The number of carbonyl (C=O) groups is 1. The topological polar surface area (TPSA) is 72.7 Å². The molecule has 0 saturated heterocycles. The summed E-state index contributed by atoms with van der Waals surface area (Å²) in [6.07, 6.45) is 8.23. The standard InChI is InChI=1S/C24H28FN5OS/c1-16-6-3-4-8-21(16)30-23(19-7-5-13-26-14-19)28-29-24(30)32-15-22(31)27-17(2)18-9-11-20(25)12-10-18/h5,7,9-14,16-17,21H,3-4,6,8,15H2,1-2H3,(H,27,31)/t16-,17+,21+/m1/s1. The minimum absolute atomic E-state index is 0.0963. The van der Waals surface area contributed by atoms with Gasteiger partial charge < -0.3 is 5.32 Å². The summed E-state index contributed by atoms with van der Waals surface area (Å²) in [5.74, 6) is 1.17. The molecule has 1 aliphatic rings. The van der Waals surface area contributed by atoms with E-state index in [0.717, 1.165) is 28.5 Å². The Hall–Kier alpha value is -2.74. The smallest absolute Gasteiger partial charge is 0.230 e. The summed E-state index contributed by atoms with van der Waals surface area (Å²) >= 11 is 1.40. The molecule has 1 N–H and O–H groups in total. The van der Waals surface area contributed by atoms with Crippen molar-refractivity contribution in [3.05, 3.63) is 60.2 Å². The molecule has 0 unspecified atom stereocenters. The van der Waals surface area contributed by atoms with Crippen molar-refractivity contribution in [3.8, 4) is 11.4 Å². The molecule has 1 amide bonds. The quantitative estimate of drug-likeness (QED) is 0.498. The highest BCUT2D eigenvalue weighted by molar-refractivity contribution is 7.99. The summed E-state index contributed by atoms with van der Waals surface area (Å²) in [5.41, 5.74) is 1.79. The zero-order valence-corrected chi connectivity index (χ0v) is 19.2. The predicted octanol–water partition coefficient (Wildman–Crippen LogP) is 5.20. The van der Waals surface area contributed by atoms with Crippen LogP contribution in [-0.2, 0) is 4.79 Å². The van der Waals surface area contributed by atoms with Crippen LogP contribution in [0.1, 0.15) is 57.2 Å². The van der Waals surface area contributed by atoms with E-state index >= 15 is 0 Å². The number of nitrogens with one attached hydrogen (secondary N) is 1. The van der Waals surface area contributed by atoms with Crippen LogP contribution in [-0.4, -0.2) is 31.4 Å². The first-order valence-corrected chi connectivity index (χ1v) is 12.0. The van der Waals surface area contributed by atoms with Gasteiger partial charge in [-0.1, -0.05) is 43.7 Å². The van der Waals surface area contributed by atoms with Gasteiger partial charge >= 0.3 is 0 Å². The number of aromatic nitrogens is 4. The highest BCUT2D eigenvalue weighted by Crippen LogP contribution is 2.38. The van der Waals surface area contributed by atoms with Crippen LogP contribution in [0.25, 0.3) is 11.4 Å². The first kappa shape index (κ1) is 22.5. The average Bonchev–Trinajstić information content (AvgIpc) is 3.23. The SMILES string of the molecule is C[C@H](NC(=O)CSc1nnc(-c2cccnc2)n1[C@H]1CCCC[C@H]1C)c1ccc(F)cc1. The molecule has 0 spiro atoms. The van der Waals surface area contributed by atoms with Crippen LogP contribution in [0, 0.1) is 11.7 Å². The molecule has 2 heterocycles. The molecule has 4 rings (SSSR count). The zero-order valence-electron chi connectivity index (χ0n) is 18.4. The maximum absolute atomic E-state index is 13.2. The number of pyridine rings is 1. The molecule has 3 aromatic rings. The third-order valence-electron chi connectivity index (χ3n) is 6.06. The number of nitrogens with zero attached hydrogens (tertiary/aromatic N) is 4. The highest BCUT2D eigenvalue weighted by Gasteiger charge is 2.29. The van der Waals surface area contributed by atoms with E-state index in [2.05, 4.69) is 32.0 Å². The van der Waals surface area contributed by atoms with Crippen molar-refractivity contribution < 1.29 is 9.18 Å². The molecule has 6 nitrogen and oxygen atoms in total. The number of amides is 1. The van der Waals surface area contributed by atoms with Crippen LogP contribution in [0.3, 0.4) is 0 Å². The Morgan fingerprint density at radius 3 is 2.72 bits per heavy atom. The lowest BCUT2D eigenvalue weighted by Crippen LogP contribution is -2.28. The third-order valence-corrected chi connectivity index (χ3v) is 7.01. The molecular formula is C24H28FN5OS. The Morgan fingerprint density at radius 1 is 1.22 bits per heavy atom. The Balaban J connectivity index is 1.50. The first-order chi connectivity index (χ1) is 15.5. The fourth-order valence-electron chi connectivity index (χ4n) is 4.29. The average molecular weight is 454 g/mol. The fourth-order valence-corrected chi connectivity index (χ4v) is 5.10. The third kappa shape index (κ3) is 5.18. The molecule has 2 aromatic heterocycles. The molecule has 32 heavy (non-hydrogen) atoms. The lowest BCUT2D eigenvalue weighted by Gasteiger charge is -2.31. The van der Waals surface area contributed by atoms with E-state index in [1.54, 1.807) is 24.5 Å². The maximum Gasteiger partial charge on any atom is 0.230 e. The van der Waals surface area contributed by atoms with Crippen LogP contribution >= 0.6 is 11.8 Å². The number of halogens is 1. The summed E-state index contributed by atoms with van der Waals surface area (Å²) in [7, 11) is 0. The van der Waals surface area contributed by atoms with Gasteiger partial charge in [0.1, 0.15) is 5.82 Å². The van der Waals surface area contributed by atoms with Gasteiger partial charge in [0.25, 0.3) is 0 Å². The van der Waals surface area contributed by atoms with Crippen molar-refractivity contribution in [2.24, 2.45) is 5.92 Å². The number of rotatable bonds is 7. The van der Waals surface area contributed by atoms with Crippen molar-refractivity contribution in [1.82, 2.24) is 25.1 Å². The van der Waals surface area contributed by atoms with Gasteiger partial charge in [0.2, 0.25) is 5.91 Å². The van der Waals surface area contributed by atoms with Gasteiger partial charge in [0.05, 0.1) is 11.8 Å². The van der Waals surface area contributed by atoms with Crippen LogP contribution in [0.4, 0.5) is 4.39 Å². The second kappa shape index (κ2) is 10.3. The molecule has 1 saturated carbocycles. The minimum atomic E-state index is -0.288. The summed E-state index contributed by atoms with van der Waals surface area (Å²) in [5, 5.41) is 12.7.